The van der Waals surface area contributed by atoms with Crippen molar-refractivity contribution in [3.8, 4) is 0 Å². The number of nitrogen functional groups attached to an aromatic ring is 1. The van der Waals surface area contributed by atoms with Crippen molar-refractivity contribution in [3.05, 3.63) is 70.1 Å². The molecule has 0 spiro atoms. The van der Waals surface area contributed by atoms with Crippen LogP contribution in [0.2, 0.25) is 0 Å². The summed E-state index contributed by atoms with van der Waals surface area (Å²) in [6, 6.07) is 15.5. The molecule has 24 heavy (non-hydrogen) atoms. The largest absolute Gasteiger partial charge is 0.381 e. The van der Waals surface area contributed by atoms with Crippen LogP contribution in [0.25, 0.3) is 16.7 Å². The minimum absolute atomic E-state index is 0.207. The van der Waals surface area contributed by atoms with E-state index in [0.717, 1.165) is 12.0 Å². The van der Waals surface area contributed by atoms with Crippen LogP contribution in [-0.2, 0) is 13.0 Å². The van der Waals surface area contributed by atoms with Gasteiger partial charge in [-0.15, -0.1) is 5.10 Å². The number of hydrogen-bond acceptors (Lipinski definition) is 4. The van der Waals surface area contributed by atoms with Gasteiger partial charge in [0, 0.05) is 0 Å². The maximum atomic E-state index is 12.9. The van der Waals surface area contributed by atoms with E-state index in [1.807, 2.05) is 42.5 Å². The van der Waals surface area contributed by atoms with Gasteiger partial charge < -0.3 is 5.73 Å². The summed E-state index contributed by atoms with van der Waals surface area (Å²) in [5.41, 5.74) is 9.88. The standard InChI is InChI=1S/C18H17N5O/c1-2-12-7-3-4-8-13(12)11-22-18(24)23-15-10-6-5-9-14(15)20-16(19)17(23)21-22/h3-10H,2,11H2,1H3,(H2,19,20). The summed E-state index contributed by atoms with van der Waals surface area (Å²) in [5.74, 6) is 0.258. The van der Waals surface area contributed by atoms with Crippen molar-refractivity contribution in [1.82, 2.24) is 19.2 Å². The van der Waals surface area contributed by atoms with Gasteiger partial charge in [0.1, 0.15) is 0 Å². The van der Waals surface area contributed by atoms with Crippen molar-refractivity contribution in [2.45, 2.75) is 19.9 Å². The maximum Gasteiger partial charge on any atom is 0.351 e. The van der Waals surface area contributed by atoms with Gasteiger partial charge in [-0.3, -0.25) is 0 Å². The summed E-state index contributed by atoms with van der Waals surface area (Å²) in [6.07, 6.45) is 0.908. The molecule has 6 heteroatoms. The first kappa shape index (κ1) is 14.4. The Hall–Kier alpha value is -3.15. The Balaban J connectivity index is 1.95. The van der Waals surface area contributed by atoms with Crippen LogP contribution < -0.4 is 11.4 Å². The van der Waals surface area contributed by atoms with E-state index in [1.165, 1.54) is 14.6 Å². The summed E-state index contributed by atoms with van der Waals surface area (Å²) < 4.78 is 2.99. The van der Waals surface area contributed by atoms with Crippen molar-refractivity contribution >= 4 is 22.5 Å². The minimum Gasteiger partial charge on any atom is -0.381 e. The molecule has 0 bridgehead atoms. The van der Waals surface area contributed by atoms with Gasteiger partial charge in [-0.2, -0.15) is 0 Å². The van der Waals surface area contributed by atoms with E-state index < -0.39 is 0 Å². The zero-order valence-electron chi connectivity index (χ0n) is 13.3. The fourth-order valence-electron chi connectivity index (χ4n) is 3.04. The van der Waals surface area contributed by atoms with Gasteiger partial charge in [0.25, 0.3) is 0 Å². The first-order chi connectivity index (χ1) is 11.7. The monoisotopic (exact) mass is 319 g/mol. The molecule has 0 saturated heterocycles. The highest BCUT2D eigenvalue weighted by atomic mass is 16.2. The van der Waals surface area contributed by atoms with Crippen LogP contribution in [0.4, 0.5) is 5.82 Å². The Morgan fingerprint density at radius 3 is 2.54 bits per heavy atom. The zero-order valence-corrected chi connectivity index (χ0v) is 13.3. The van der Waals surface area contributed by atoms with Gasteiger partial charge in [0.2, 0.25) is 5.65 Å². The van der Waals surface area contributed by atoms with Crippen LogP contribution in [0, 0.1) is 0 Å². The lowest BCUT2D eigenvalue weighted by molar-refractivity contribution is 0.656. The highest BCUT2D eigenvalue weighted by Gasteiger charge is 2.15. The second-order valence-corrected chi connectivity index (χ2v) is 5.71. The number of fused-ring (bicyclic) bond motifs is 3. The Kier molecular flexibility index (Phi) is 3.30. The molecular formula is C18H17N5O. The second-order valence-electron chi connectivity index (χ2n) is 5.71. The number of aryl methyl sites for hydroxylation is 1. The van der Waals surface area contributed by atoms with E-state index in [-0.39, 0.29) is 11.5 Å². The van der Waals surface area contributed by atoms with E-state index >= 15 is 0 Å². The summed E-state index contributed by atoms with van der Waals surface area (Å²) >= 11 is 0. The molecule has 0 saturated carbocycles. The molecule has 0 atom stereocenters. The van der Waals surface area contributed by atoms with Crippen LogP contribution in [0.1, 0.15) is 18.1 Å². The average molecular weight is 319 g/mol. The van der Waals surface area contributed by atoms with Crippen LogP contribution in [0.15, 0.2) is 53.3 Å². The summed E-state index contributed by atoms with van der Waals surface area (Å²) in [4.78, 5) is 17.2. The lowest BCUT2D eigenvalue weighted by Crippen LogP contribution is -2.22. The normalized spacial score (nSPS) is 11.4. The van der Waals surface area contributed by atoms with Crippen LogP contribution in [-0.4, -0.2) is 19.2 Å². The predicted octanol–water partition coefficient (Wildman–Crippen LogP) is 2.24. The number of nitrogens with zero attached hydrogens (tertiary/aromatic N) is 4. The topological polar surface area (TPSA) is 78.2 Å². The second kappa shape index (κ2) is 5.49. The number of anilines is 1. The average Bonchev–Trinajstić information content (AvgIpc) is 2.93. The molecule has 4 aromatic rings. The smallest absolute Gasteiger partial charge is 0.351 e. The number of aromatic nitrogens is 4. The van der Waals surface area contributed by atoms with E-state index in [1.54, 1.807) is 0 Å². The van der Waals surface area contributed by atoms with Crippen molar-refractivity contribution < 1.29 is 0 Å². The molecule has 0 unspecified atom stereocenters. The highest BCUT2D eigenvalue weighted by molar-refractivity contribution is 5.81. The maximum absolute atomic E-state index is 12.9. The van der Waals surface area contributed by atoms with Crippen molar-refractivity contribution in [3.63, 3.8) is 0 Å². The molecule has 0 aliphatic heterocycles. The van der Waals surface area contributed by atoms with Crippen molar-refractivity contribution in [2.24, 2.45) is 0 Å². The van der Waals surface area contributed by atoms with Gasteiger partial charge in [-0.05, 0) is 29.7 Å². The Morgan fingerprint density at radius 1 is 1.04 bits per heavy atom. The van der Waals surface area contributed by atoms with Gasteiger partial charge in [-0.1, -0.05) is 43.3 Å². The Morgan fingerprint density at radius 2 is 1.75 bits per heavy atom. The fraction of sp³-hybridized carbons (Fsp3) is 0.167. The van der Waals surface area contributed by atoms with E-state index in [4.69, 9.17) is 5.73 Å². The Bertz CT molecular complexity index is 1110. The van der Waals surface area contributed by atoms with Crippen molar-refractivity contribution in [2.75, 3.05) is 5.73 Å². The van der Waals surface area contributed by atoms with Gasteiger partial charge in [0.05, 0.1) is 17.6 Å². The quantitative estimate of drug-likeness (QED) is 0.628. The third-order valence-corrected chi connectivity index (χ3v) is 4.25. The molecule has 0 fully saturated rings. The zero-order chi connectivity index (χ0) is 16.7. The van der Waals surface area contributed by atoms with E-state index in [2.05, 4.69) is 23.1 Å². The summed E-state index contributed by atoms with van der Waals surface area (Å²) in [5, 5.41) is 4.41. The Labute approximate surface area is 138 Å². The van der Waals surface area contributed by atoms with Gasteiger partial charge in [0.15, 0.2) is 5.82 Å². The molecule has 2 aromatic carbocycles. The fourth-order valence-corrected chi connectivity index (χ4v) is 3.04. The first-order valence-electron chi connectivity index (χ1n) is 7.89. The van der Waals surface area contributed by atoms with Crippen LogP contribution in [0.3, 0.4) is 0 Å². The summed E-state index contributed by atoms with van der Waals surface area (Å²) in [7, 11) is 0. The van der Waals surface area contributed by atoms with Crippen molar-refractivity contribution in [1.29, 1.82) is 0 Å². The van der Waals surface area contributed by atoms with E-state index in [9.17, 15) is 4.79 Å². The molecule has 120 valence electrons. The molecule has 0 aliphatic rings. The number of para-hydroxylation sites is 2. The van der Waals surface area contributed by atoms with Gasteiger partial charge >= 0.3 is 5.69 Å². The lowest BCUT2D eigenvalue weighted by Gasteiger charge is -2.06. The molecule has 6 nitrogen and oxygen atoms in total. The molecule has 0 radical (unpaired) electrons. The van der Waals surface area contributed by atoms with Crippen LogP contribution >= 0.6 is 0 Å². The van der Waals surface area contributed by atoms with Gasteiger partial charge in [-0.25, -0.2) is 18.9 Å². The molecular weight excluding hydrogens is 302 g/mol. The first-order valence-corrected chi connectivity index (χ1v) is 7.89. The number of nitrogens with two attached hydrogens (primary N) is 1. The number of rotatable bonds is 3. The molecule has 0 amide bonds. The molecule has 2 aromatic heterocycles. The minimum atomic E-state index is -0.207. The predicted molar refractivity (Wildman–Crippen MR) is 94.1 cm³/mol. The third-order valence-electron chi connectivity index (χ3n) is 4.25. The lowest BCUT2D eigenvalue weighted by atomic mass is 10.1. The highest BCUT2D eigenvalue weighted by Crippen LogP contribution is 2.17. The third kappa shape index (κ3) is 2.15. The molecule has 2 heterocycles. The summed E-state index contributed by atoms with van der Waals surface area (Å²) in [6.45, 7) is 2.51. The molecule has 0 aliphatic carbocycles. The van der Waals surface area contributed by atoms with Crippen LogP contribution in [0.5, 0.6) is 0 Å². The van der Waals surface area contributed by atoms with E-state index in [0.29, 0.717) is 23.2 Å². The SMILES string of the molecule is CCc1ccccc1Cn1nc2c(N)nc3ccccc3n2c1=O. The molecule has 2 N–H and O–H groups in total. The number of benzene rings is 2. The number of hydrogen-bond donors (Lipinski definition) is 1. The molecule has 4 rings (SSSR count).